The minimum Gasteiger partial charge on any atom is -0.381 e. The van der Waals surface area contributed by atoms with Gasteiger partial charge in [0.1, 0.15) is 0 Å². The first kappa shape index (κ1) is 15.4. The van der Waals surface area contributed by atoms with Crippen molar-refractivity contribution in [2.24, 2.45) is 11.8 Å². The summed E-state index contributed by atoms with van der Waals surface area (Å²) in [6.07, 6.45) is 2.15. The van der Waals surface area contributed by atoms with Crippen LogP contribution in [-0.4, -0.2) is 25.2 Å². The molecule has 1 rings (SSSR count). The summed E-state index contributed by atoms with van der Waals surface area (Å²) in [4.78, 5) is 11.1. The van der Waals surface area contributed by atoms with Gasteiger partial charge in [-0.25, -0.2) is 0 Å². The van der Waals surface area contributed by atoms with Crippen molar-refractivity contribution in [3.63, 3.8) is 0 Å². The molecule has 1 saturated heterocycles. The van der Waals surface area contributed by atoms with Gasteiger partial charge in [0.15, 0.2) is 0 Å². The van der Waals surface area contributed by atoms with E-state index in [9.17, 15) is 4.79 Å². The summed E-state index contributed by atoms with van der Waals surface area (Å²) in [5.74, 6) is 1.17. The molecule has 1 N–H and O–H groups in total. The molecule has 1 amide bonds. The third kappa shape index (κ3) is 5.50. The lowest BCUT2D eigenvalue weighted by Crippen LogP contribution is -2.44. The normalized spacial score (nSPS) is 18.6. The summed E-state index contributed by atoms with van der Waals surface area (Å²) in [6.45, 7) is 11.6. The predicted molar refractivity (Wildman–Crippen MR) is 67.3 cm³/mol. The van der Waals surface area contributed by atoms with Crippen molar-refractivity contribution < 1.29 is 9.53 Å². The molecule has 0 aromatic heterocycles. The lowest BCUT2D eigenvalue weighted by atomic mass is 9.85. The molecule has 0 spiro atoms. The standard InChI is InChI=1S/C11H21NO2.C2H6/c1-8(2)11(12-9(3)13)10-4-6-14-7-5-10;1-2/h8,10-11H,4-7H2,1-3H3,(H,12,13);1-2H3. The predicted octanol–water partition coefficient (Wildman–Crippen LogP) is 2.60. The summed E-state index contributed by atoms with van der Waals surface area (Å²) in [6, 6.07) is 0.316. The van der Waals surface area contributed by atoms with Gasteiger partial charge in [-0.1, -0.05) is 27.7 Å². The van der Waals surface area contributed by atoms with Crippen LogP contribution < -0.4 is 5.32 Å². The lowest BCUT2D eigenvalue weighted by Gasteiger charge is -2.33. The zero-order valence-electron chi connectivity index (χ0n) is 11.4. The summed E-state index contributed by atoms with van der Waals surface area (Å²) in [5, 5.41) is 3.05. The lowest BCUT2D eigenvalue weighted by molar-refractivity contribution is -0.120. The van der Waals surface area contributed by atoms with Crippen LogP contribution >= 0.6 is 0 Å². The second-order valence-electron chi connectivity index (χ2n) is 4.42. The molecule has 1 unspecified atom stereocenters. The number of ether oxygens (including phenoxy) is 1. The third-order valence-corrected chi connectivity index (χ3v) is 2.86. The molecule has 1 aliphatic rings. The van der Waals surface area contributed by atoms with Gasteiger partial charge >= 0.3 is 0 Å². The van der Waals surface area contributed by atoms with Gasteiger partial charge in [-0.15, -0.1) is 0 Å². The van der Waals surface area contributed by atoms with E-state index in [0.29, 0.717) is 17.9 Å². The number of nitrogens with one attached hydrogen (secondary N) is 1. The number of amides is 1. The van der Waals surface area contributed by atoms with Gasteiger partial charge in [0, 0.05) is 26.2 Å². The van der Waals surface area contributed by atoms with E-state index in [2.05, 4.69) is 19.2 Å². The van der Waals surface area contributed by atoms with Crippen LogP contribution in [0.25, 0.3) is 0 Å². The Morgan fingerprint density at radius 3 is 2.12 bits per heavy atom. The Labute approximate surface area is 99.9 Å². The third-order valence-electron chi connectivity index (χ3n) is 2.86. The van der Waals surface area contributed by atoms with Crippen molar-refractivity contribution in [1.29, 1.82) is 0 Å². The van der Waals surface area contributed by atoms with Gasteiger partial charge < -0.3 is 10.1 Å². The Bertz CT molecular complexity index is 186. The summed E-state index contributed by atoms with van der Waals surface area (Å²) in [7, 11) is 0. The fourth-order valence-electron chi connectivity index (χ4n) is 2.14. The Kier molecular flexibility index (Phi) is 8.26. The number of carbonyl (C=O) groups is 1. The average Bonchev–Trinajstić information content (AvgIpc) is 2.29. The Hall–Kier alpha value is -0.570. The summed E-state index contributed by atoms with van der Waals surface area (Å²) in [5.41, 5.74) is 0. The molecule has 1 atom stereocenters. The Morgan fingerprint density at radius 1 is 1.25 bits per heavy atom. The average molecular weight is 229 g/mol. The van der Waals surface area contributed by atoms with E-state index in [1.54, 1.807) is 6.92 Å². The van der Waals surface area contributed by atoms with Crippen LogP contribution in [0.2, 0.25) is 0 Å². The Balaban J connectivity index is 0.00000106. The van der Waals surface area contributed by atoms with Crippen LogP contribution in [0.5, 0.6) is 0 Å². The highest BCUT2D eigenvalue weighted by Gasteiger charge is 2.26. The van der Waals surface area contributed by atoms with Crippen LogP contribution in [0.1, 0.15) is 47.5 Å². The van der Waals surface area contributed by atoms with E-state index in [4.69, 9.17) is 4.74 Å². The highest BCUT2D eigenvalue weighted by atomic mass is 16.5. The topological polar surface area (TPSA) is 38.3 Å². The first-order valence-corrected chi connectivity index (χ1v) is 6.46. The SMILES string of the molecule is CC.CC(=O)NC(C(C)C)C1CCOCC1. The fraction of sp³-hybridized carbons (Fsp3) is 0.923. The van der Waals surface area contributed by atoms with Gasteiger partial charge in [0.05, 0.1) is 0 Å². The van der Waals surface area contributed by atoms with Crippen LogP contribution in [0.4, 0.5) is 0 Å². The highest BCUT2D eigenvalue weighted by molar-refractivity contribution is 5.73. The molecule has 0 bridgehead atoms. The maximum atomic E-state index is 11.1. The zero-order chi connectivity index (χ0) is 12.6. The molecular formula is C13H27NO2. The highest BCUT2D eigenvalue weighted by Crippen LogP contribution is 2.23. The van der Waals surface area contributed by atoms with E-state index >= 15 is 0 Å². The van der Waals surface area contributed by atoms with Crippen LogP contribution in [0, 0.1) is 11.8 Å². The van der Waals surface area contributed by atoms with Crippen molar-refractivity contribution in [3.8, 4) is 0 Å². The van der Waals surface area contributed by atoms with Crippen molar-refractivity contribution in [3.05, 3.63) is 0 Å². The molecule has 0 radical (unpaired) electrons. The first-order chi connectivity index (χ1) is 7.61. The van der Waals surface area contributed by atoms with E-state index in [1.807, 2.05) is 13.8 Å². The molecule has 1 aliphatic heterocycles. The van der Waals surface area contributed by atoms with Crippen molar-refractivity contribution in [2.75, 3.05) is 13.2 Å². The van der Waals surface area contributed by atoms with Gasteiger partial charge in [-0.3, -0.25) is 4.79 Å². The molecule has 1 fully saturated rings. The quantitative estimate of drug-likeness (QED) is 0.808. The maximum Gasteiger partial charge on any atom is 0.217 e. The molecule has 0 aromatic carbocycles. The molecule has 3 heteroatoms. The summed E-state index contributed by atoms with van der Waals surface area (Å²) < 4.78 is 5.32. The molecule has 16 heavy (non-hydrogen) atoms. The van der Waals surface area contributed by atoms with Gasteiger partial charge in [0.2, 0.25) is 5.91 Å². The van der Waals surface area contributed by atoms with Crippen molar-refractivity contribution in [2.45, 2.75) is 53.5 Å². The van der Waals surface area contributed by atoms with Gasteiger partial charge in [0.25, 0.3) is 0 Å². The van der Waals surface area contributed by atoms with Crippen molar-refractivity contribution in [1.82, 2.24) is 5.32 Å². The van der Waals surface area contributed by atoms with E-state index in [1.165, 1.54) is 0 Å². The van der Waals surface area contributed by atoms with E-state index < -0.39 is 0 Å². The van der Waals surface area contributed by atoms with Crippen LogP contribution in [0.3, 0.4) is 0 Å². The van der Waals surface area contributed by atoms with Gasteiger partial charge in [-0.05, 0) is 24.7 Å². The van der Waals surface area contributed by atoms with E-state index in [-0.39, 0.29) is 5.91 Å². The minimum atomic E-state index is 0.0789. The molecule has 96 valence electrons. The molecule has 3 nitrogen and oxygen atoms in total. The number of carbonyl (C=O) groups excluding carboxylic acids is 1. The van der Waals surface area contributed by atoms with Crippen LogP contribution in [-0.2, 0) is 9.53 Å². The second kappa shape index (κ2) is 8.57. The first-order valence-electron chi connectivity index (χ1n) is 6.46. The Morgan fingerprint density at radius 2 is 1.75 bits per heavy atom. The van der Waals surface area contributed by atoms with Gasteiger partial charge in [-0.2, -0.15) is 0 Å². The monoisotopic (exact) mass is 229 g/mol. The smallest absolute Gasteiger partial charge is 0.217 e. The number of rotatable bonds is 3. The number of hydrogen-bond donors (Lipinski definition) is 1. The van der Waals surface area contributed by atoms with E-state index in [0.717, 1.165) is 26.1 Å². The molecular weight excluding hydrogens is 202 g/mol. The molecule has 0 saturated carbocycles. The molecule has 0 aromatic rings. The van der Waals surface area contributed by atoms with Crippen LogP contribution in [0.15, 0.2) is 0 Å². The summed E-state index contributed by atoms with van der Waals surface area (Å²) >= 11 is 0. The number of hydrogen-bond acceptors (Lipinski definition) is 2. The molecule has 1 heterocycles. The second-order valence-corrected chi connectivity index (χ2v) is 4.42. The fourth-order valence-corrected chi connectivity index (χ4v) is 2.14. The maximum absolute atomic E-state index is 11.1. The van der Waals surface area contributed by atoms with Crippen molar-refractivity contribution >= 4 is 5.91 Å². The molecule has 0 aliphatic carbocycles. The minimum absolute atomic E-state index is 0.0789. The zero-order valence-corrected chi connectivity index (χ0v) is 11.4. The largest absolute Gasteiger partial charge is 0.381 e.